The van der Waals surface area contributed by atoms with Gasteiger partial charge in [-0.1, -0.05) is 16.7 Å². The summed E-state index contributed by atoms with van der Waals surface area (Å²) in [5.74, 6) is -4.25. The molecule has 0 spiro atoms. The highest BCUT2D eigenvalue weighted by Crippen LogP contribution is 2.11. The third kappa shape index (κ3) is 18.9. The summed E-state index contributed by atoms with van der Waals surface area (Å²) in [7, 11) is 0. The lowest BCUT2D eigenvalue weighted by atomic mass is 10.0. The maximum Gasteiger partial charge on any atom is 0.328 e. The lowest BCUT2D eigenvalue weighted by molar-refractivity contribution is -0.160. The first kappa shape index (κ1) is 47.3. The zero-order valence-electron chi connectivity index (χ0n) is 31.4. The Kier molecular flexibility index (Phi) is 22.2. The summed E-state index contributed by atoms with van der Waals surface area (Å²) < 4.78 is 5.26. The average Bonchev–Trinajstić information content (AvgIpc) is 3.09. The lowest BCUT2D eigenvalue weighted by Crippen LogP contribution is -2.61. The summed E-state index contributed by atoms with van der Waals surface area (Å²) in [6.07, 6.45) is 5.09. The first-order chi connectivity index (χ1) is 25.5. The van der Waals surface area contributed by atoms with Crippen LogP contribution in [-0.4, -0.2) is 140 Å². The van der Waals surface area contributed by atoms with Gasteiger partial charge in [-0.3, -0.25) is 44.4 Å². The molecule has 0 aliphatic carbocycles. The second-order valence-electron chi connectivity index (χ2n) is 13.0. The summed E-state index contributed by atoms with van der Waals surface area (Å²) in [5.41, 5.74) is 1.64. The van der Waals surface area contributed by atoms with E-state index in [1.807, 2.05) is 0 Å². The monoisotopic (exact) mass is 768 g/mol. The third-order valence-electron chi connectivity index (χ3n) is 8.14. The first-order valence-electron chi connectivity index (χ1n) is 17.8. The number of rotatable bonds is 24. The molecule has 3 atom stereocenters. The molecule has 1 fully saturated rings. The van der Waals surface area contributed by atoms with Gasteiger partial charge in [0.05, 0.1) is 6.61 Å². The standard InChI is InChI=1S/C35H56N6O13/c1-23(11-17-42)20-30(45)39(51)14-5-8-27-33(48)38-28(34(49)37-27)9-6-15-40(52)32(47)22-25(3)13-19-54-35(50)29(36-26(4)44)10-7-16-41(53)31(46)21-24(2)12-18-43/h20-22,27-29,42-43,51-53H,5-19H2,1-4H3,(H,36,44)(H,37,49)(H,38,48)/b23-20+,24-21+,25-22?. The highest BCUT2D eigenvalue weighted by atomic mass is 16.5. The van der Waals surface area contributed by atoms with Crippen LogP contribution in [0.25, 0.3) is 0 Å². The number of hydroxylamine groups is 6. The molecule has 1 rings (SSSR count). The minimum atomic E-state index is -1.05. The SMILES string of the molecule is CC(=O)NC(CCCN(O)C(=O)/C=C(\C)CCO)C(=O)OCCC(C)=CC(=O)N(O)CCCC1NC(=O)C(CCCN(O)C(=O)/C=C(\C)CCO)NC1=O. The van der Waals surface area contributed by atoms with Crippen LogP contribution in [-0.2, 0) is 38.3 Å². The molecule has 0 saturated carbocycles. The van der Waals surface area contributed by atoms with Crippen LogP contribution in [0.2, 0.25) is 0 Å². The van der Waals surface area contributed by atoms with Crippen molar-refractivity contribution in [1.82, 2.24) is 31.1 Å². The molecule has 19 nitrogen and oxygen atoms in total. The molecule has 0 aromatic heterocycles. The summed E-state index contributed by atoms with van der Waals surface area (Å²) >= 11 is 0. The summed E-state index contributed by atoms with van der Waals surface area (Å²) in [4.78, 5) is 85.9. The molecule has 0 bridgehead atoms. The van der Waals surface area contributed by atoms with E-state index in [4.69, 9.17) is 14.9 Å². The van der Waals surface area contributed by atoms with Gasteiger partial charge < -0.3 is 30.9 Å². The number of esters is 1. The van der Waals surface area contributed by atoms with Crippen LogP contribution in [0.15, 0.2) is 34.9 Å². The molecule has 1 heterocycles. The predicted molar refractivity (Wildman–Crippen MR) is 190 cm³/mol. The highest BCUT2D eigenvalue weighted by molar-refractivity contribution is 5.97. The van der Waals surface area contributed by atoms with Crippen molar-refractivity contribution in [3.63, 3.8) is 0 Å². The predicted octanol–water partition coefficient (Wildman–Crippen LogP) is 0.00530. The van der Waals surface area contributed by atoms with Gasteiger partial charge in [0.2, 0.25) is 17.7 Å². The van der Waals surface area contributed by atoms with E-state index in [1.165, 1.54) is 19.1 Å². The van der Waals surface area contributed by atoms with E-state index in [-0.39, 0.29) is 90.8 Å². The average molecular weight is 769 g/mol. The Balaban J connectivity index is 2.47. The minimum absolute atomic E-state index is 0.0556. The number of nitrogens with zero attached hydrogens (tertiary/aromatic N) is 3. The molecule has 1 aliphatic heterocycles. The van der Waals surface area contributed by atoms with Gasteiger partial charge in [0.1, 0.15) is 18.1 Å². The molecule has 1 saturated heterocycles. The van der Waals surface area contributed by atoms with Crippen molar-refractivity contribution in [3.8, 4) is 0 Å². The third-order valence-corrected chi connectivity index (χ3v) is 8.14. The zero-order valence-corrected chi connectivity index (χ0v) is 31.4. The van der Waals surface area contributed by atoms with E-state index in [2.05, 4.69) is 16.0 Å². The van der Waals surface area contributed by atoms with Gasteiger partial charge in [-0.15, -0.1) is 0 Å². The smallest absolute Gasteiger partial charge is 0.328 e. The number of carbonyl (C=O) groups excluding carboxylic acids is 7. The second kappa shape index (κ2) is 25.4. The Hall–Kier alpha value is -4.69. The van der Waals surface area contributed by atoms with E-state index in [0.717, 1.165) is 6.08 Å². The Morgan fingerprint density at radius 2 is 1.07 bits per heavy atom. The first-order valence-corrected chi connectivity index (χ1v) is 17.8. The molecular weight excluding hydrogens is 712 g/mol. The molecule has 0 aromatic carbocycles. The Morgan fingerprint density at radius 3 is 1.46 bits per heavy atom. The van der Waals surface area contributed by atoms with Crippen LogP contribution in [0.3, 0.4) is 0 Å². The van der Waals surface area contributed by atoms with Crippen LogP contribution in [0, 0.1) is 0 Å². The van der Waals surface area contributed by atoms with Crippen molar-refractivity contribution in [2.75, 3.05) is 39.5 Å². The highest BCUT2D eigenvalue weighted by Gasteiger charge is 2.33. The number of aliphatic hydroxyl groups is 2. The zero-order chi connectivity index (χ0) is 40.8. The van der Waals surface area contributed by atoms with Gasteiger partial charge in [-0.25, -0.2) is 20.0 Å². The molecule has 1 aliphatic rings. The van der Waals surface area contributed by atoms with Crippen LogP contribution in [0.1, 0.15) is 85.5 Å². The van der Waals surface area contributed by atoms with Gasteiger partial charge in [0.15, 0.2) is 0 Å². The number of aliphatic hydroxyl groups excluding tert-OH is 2. The molecule has 6 amide bonds. The minimum Gasteiger partial charge on any atom is -0.464 e. The maximum atomic E-state index is 12.6. The lowest BCUT2D eigenvalue weighted by Gasteiger charge is -2.30. The number of hydrogen-bond donors (Lipinski definition) is 8. The largest absolute Gasteiger partial charge is 0.464 e. The molecule has 54 heavy (non-hydrogen) atoms. The van der Waals surface area contributed by atoms with Gasteiger partial charge >= 0.3 is 5.97 Å². The van der Waals surface area contributed by atoms with Crippen molar-refractivity contribution in [2.24, 2.45) is 0 Å². The molecule has 3 unspecified atom stereocenters. The fourth-order valence-electron chi connectivity index (χ4n) is 5.08. The quantitative estimate of drug-likeness (QED) is 0.0279. The van der Waals surface area contributed by atoms with E-state index in [0.29, 0.717) is 38.3 Å². The van der Waals surface area contributed by atoms with Crippen LogP contribution >= 0.6 is 0 Å². The van der Waals surface area contributed by atoms with E-state index < -0.39 is 59.5 Å². The van der Waals surface area contributed by atoms with Crippen LogP contribution < -0.4 is 16.0 Å². The number of ether oxygens (including phenoxy) is 1. The molecular formula is C35H56N6O13. The van der Waals surface area contributed by atoms with Crippen molar-refractivity contribution >= 4 is 41.4 Å². The Morgan fingerprint density at radius 1 is 0.685 bits per heavy atom. The molecule has 304 valence electrons. The van der Waals surface area contributed by atoms with Gasteiger partial charge in [-0.2, -0.15) is 0 Å². The maximum absolute atomic E-state index is 12.6. The molecule has 0 radical (unpaired) electrons. The fourth-order valence-corrected chi connectivity index (χ4v) is 5.08. The van der Waals surface area contributed by atoms with Gasteiger partial charge in [0, 0.05) is 64.4 Å². The topological polar surface area (TPSA) is 276 Å². The molecule has 19 heteroatoms. The van der Waals surface area contributed by atoms with Gasteiger partial charge in [0.25, 0.3) is 17.7 Å². The van der Waals surface area contributed by atoms with Crippen LogP contribution in [0.4, 0.5) is 0 Å². The Bertz CT molecular complexity index is 1400. The van der Waals surface area contributed by atoms with Crippen molar-refractivity contribution in [3.05, 3.63) is 34.9 Å². The molecule has 0 aromatic rings. The number of nitrogens with one attached hydrogen (secondary N) is 3. The summed E-state index contributed by atoms with van der Waals surface area (Å²) in [6.45, 7) is 5.30. The normalized spacial score (nSPS) is 16.9. The number of carbonyl (C=O) groups is 7. The Labute approximate surface area is 314 Å². The number of piperazine rings is 1. The van der Waals surface area contributed by atoms with Crippen molar-refractivity contribution in [1.29, 1.82) is 0 Å². The summed E-state index contributed by atoms with van der Waals surface area (Å²) in [6, 6.07) is -2.81. The van der Waals surface area contributed by atoms with Crippen molar-refractivity contribution in [2.45, 2.75) is 104 Å². The van der Waals surface area contributed by atoms with Crippen molar-refractivity contribution < 1.29 is 64.1 Å². The van der Waals surface area contributed by atoms with E-state index in [1.54, 1.807) is 20.8 Å². The van der Waals surface area contributed by atoms with E-state index >= 15 is 0 Å². The molecule has 8 N–H and O–H groups in total. The second-order valence-corrected chi connectivity index (χ2v) is 13.0. The van der Waals surface area contributed by atoms with Gasteiger partial charge in [-0.05, 0) is 72.1 Å². The van der Waals surface area contributed by atoms with E-state index in [9.17, 15) is 49.2 Å². The number of hydrogen-bond acceptors (Lipinski definition) is 13. The summed E-state index contributed by atoms with van der Waals surface area (Å²) in [5, 5.41) is 57.0. The number of amides is 6. The fraction of sp³-hybridized carbons (Fsp3) is 0.629. The van der Waals surface area contributed by atoms with Crippen LogP contribution in [0.5, 0.6) is 0 Å².